The molecule has 1 aromatic carbocycles. The molecular formula is C21H21F5N2O4. The summed E-state index contributed by atoms with van der Waals surface area (Å²) in [4.78, 5) is 13.6. The summed E-state index contributed by atoms with van der Waals surface area (Å²) in [5, 5.41) is 2.51. The normalized spacial score (nSPS) is 23.6. The maximum atomic E-state index is 15.4. The van der Waals surface area contributed by atoms with Gasteiger partial charge in [0.05, 0.1) is 31.0 Å². The zero-order valence-corrected chi connectivity index (χ0v) is 16.9. The van der Waals surface area contributed by atoms with Gasteiger partial charge in [-0.2, -0.15) is 13.2 Å². The number of halogens is 5. The van der Waals surface area contributed by atoms with Crippen molar-refractivity contribution in [1.29, 1.82) is 0 Å². The fourth-order valence-corrected chi connectivity index (χ4v) is 4.64. The van der Waals surface area contributed by atoms with Crippen molar-refractivity contribution < 1.29 is 40.6 Å². The molecule has 1 spiro atoms. The Kier molecular flexibility index (Phi) is 4.90. The lowest BCUT2D eigenvalue weighted by Crippen LogP contribution is -2.56. The largest absolute Gasteiger partial charge is 0.449 e. The third kappa shape index (κ3) is 3.61. The number of rotatable bonds is 3. The molecule has 6 nitrogen and oxygen atoms in total. The van der Waals surface area contributed by atoms with Crippen molar-refractivity contribution in [3.05, 3.63) is 29.5 Å². The topological polar surface area (TPSA) is 63.9 Å². The van der Waals surface area contributed by atoms with E-state index in [1.165, 1.54) is 4.90 Å². The number of hydrogen-bond donors (Lipinski definition) is 1. The molecule has 1 N–H and O–H groups in total. The molecule has 0 radical (unpaired) electrons. The van der Waals surface area contributed by atoms with Gasteiger partial charge in [-0.25, -0.2) is 8.78 Å². The summed E-state index contributed by atoms with van der Waals surface area (Å²) < 4.78 is 86.6. The molecule has 1 amide bonds. The number of hydrogen-bond acceptors (Lipinski definition) is 5. The van der Waals surface area contributed by atoms with Crippen molar-refractivity contribution in [1.82, 2.24) is 5.32 Å². The van der Waals surface area contributed by atoms with E-state index in [0.717, 1.165) is 18.2 Å². The first-order valence-electron chi connectivity index (χ1n) is 10.3. The summed E-state index contributed by atoms with van der Waals surface area (Å²) in [5.41, 5.74) is -1.30. The van der Waals surface area contributed by atoms with Gasteiger partial charge in [0.2, 0.25) is 5.76 Å². The van der Waals surface area contributed by atoms with Crippen LogP contribution in [0.4, 0.5) is 27.6 Å². The van der Waals surface area contributed by atoms with E-state index in [1.807, 2.05) is 0 Å². The Morgan fingerprint density at radius 1 is 1.19 bits per heavy atom. The summed E-state index contributed by atoms with van der Waals surface area (Å²) in [5.74, 6) is -4.24. The average molecular weight is 460 g/mol. The highest BCUT2D eigenvalue weighted by Crippen LogP contribution is 2.45. The van der Waals surface area contributed by atoms with E-state index < -0.39 is 36.2 Å². The van der Waals surface area contributed by atoms with E-state index in [1.54, 1.807) is 0 Å². The Bertz CT molecular complexity index is 1050. The lowest BCUT2D eigenvalue weighted by Gasteiger charge is -2.48. The van der Waals surface area contributed by atoms with Crippen molar-refractivity contribution in [2.24, 2.45) is 5.41 Å². The van der Waals surface area contributed by atoms with Crippen molar-refractivity contribution >= 4 is 22.6 Å². The van der Waals surface area contributed by atoms with Crippen LogP contribution in [0, 0.1) is 5.41 Å². The number of carbonyl (C=O) groups excluding carboxylic acids is 1. The molecule has 1 aromatic heterocycles. The zero-order chi connectivity index (χ0) is 22.7. The van der Waals surface area contributed by atoms with Crippen LogP contribution in [0.2, 0.25) is 0 Å². The highest BCUT2D eigenvalue weighted by molar-refractivity contribution is 6.07. The first-order chi connectivity index (χ1) is 15.1. The molecule has 2 saturated heterocycles. The van der Waals surface area contributed by atoms with Gasteiger partial charge in [-0.1, -0.05) is 0 Å². The Hall–Kier alpha value is -2.40. The molecule has 0 aliphatic carbocycles. The summed E-state index contributed by atoms with van der Waals surface area (Å²) in [6.07, 6.45) is -5.19. The lowest BCUT2D eigenvalue weighted by atomic mass is 9.75. The highest BCUT2D eigenvalue weighted by atomic mass is 19.4. The van der Waals surface area contributed by atoms with Crippen LogP contribution in [-0.4, -0.2) is 57.4 Å². The number of nitrogens with zero attached hydrogens (tertiary/aromatic N) is 1. The number of amides is 1. The van der Waals surface area contributed by atoms with Crippen LogP contribution >= 0.6 is 0 Å². The van der Waals surface area contributed by atoms with Gasteiger partial charge < -0.3 is 24.1 Å². The smallest absolute Gasteiger partial charge is 0.416 e. The minimum atomic E-state index is -4.63. The van der Waals surface area contributed by atoms with Crippen molar-refractivity contribution in [2.45, 2.75) is 31.0 Å². The molecule has 0 saturated carbocycles. The Morgan fingerprint density at radius 2 is 1.97 bits per heavy atom. The average Bonchev–Trinajstić information content (AvgIpc) is 3.03. The number of fused-ring (bicyclic) bond motifs is 3. The Morgan fingerprint density at radius 3 is 2.66 bits per heavy atom. The Balaban J connectivity index is 1.51. The number of benzene rings is 1. The second-order valence-electron chi connectivity index (χ2n) is 8.73. The Labute approximate surface area is 179 Å². The predicted octanol–water partition coefficient (Wildman–Crippen LogP) is 3.83. The molecule has 174 valence electrons. The lowest BCUT2D eigenvalue weighted by molar-refractivity contribution is -0.223. The molecular weight excluding hydrogens is 439 g/mol. The van der Waals surface area contributed by atoms with Crippen LogP contribution in [0.5, 0.6) is 0 Å². The summed E-state index contributed by atoms with van der Waals surface area (Å²) in [6, 6.07) is 2.76. The number of carbonyl (C=O) groups is 1. The second kappa shape index (κ2) is 7.31. The number of anilines is 1. The minimum Gasteiger partial charge on any atom is -0.449 e. The zero-order valence-electron chi connectivity index (χ0n) is 16.9. The second-order valence-corrected chi connectivity index (χ2v) is 8.73. The molecule has 5 rings (SSSR count). The summed E-state index contributed by atoms with van der Waals surface area (Å²) >= 11 is 0. The van der Waals surface area contributed by atoms with Crippen LogP contribution < -0.4 is 10.2 Å². The molecule has 32 heavy (non-hydrogen) atoms. The van der Waals surface area contributed by atoms with Crippen LogP contribution in [0.1, 0.15) is 29.0 Å². The van der Waals surface area contributed by atoms with Crippen LogP contribution in [-0.2, 0) is 15.7 Å². The standard InChI is InChI=1S/C21H21F5N2O4/c22-20(23,15-8-19(3-6-31-15)10-30-11-19)9-28-5-4-27-18(29)17-16(28)13-7-12(21(24,25)26)1-2-14(13)32-17/h1-2,7,15H,3-6,8-11H2,(H,27,29). The fourth-order valence-electron chi connectivity index (χ4n) is 4.64. The van der Waals surface area contributed by atoms with Gasteiger partial charge in [0, 0.05) is 30.5 Å². The first-order valence-corrected chi connectivity index (χ1v) is 10.3. The monoisotopic (exact) mass is 460 g/mol. The quantitative estimate of drug-likeness (QED) is 0.706. The third-order valence-electron chi connectivity index (χ3n) is 6.44. The van der Waals surface area contributed by atoms with Gasteiger partial charge >= 0.3 is 6.18 Å². The maximum absolute atomic E-state index is 15.4. The third-order valence-corrected chi connectivity index (χ3v) is 6.44. The van der Waals surface area contributed by atoms with Gasteiger partial charge in [0.15, 0.2) is 0 Å². The van der Waals surface area contributed by atoms with Crippen molar-refractivity contribution in [3.8, 4) is 0 Å². The predicted molar refractivity (Wildman–Crippen MR) is 103 cm³/mol. The SMILES string of the molecule is O=C1NCCN(CC(F)(F)C2CC3(CCO2)COC3)c2c1oc1ccc(C(F)(F)F)cc21. The van der Waals surface area contributed by atoms with E-state index in [4.69, 9.17) is 13.9 Å². The highest BCUT2D eigenvalue weighted by Gasteiger charge is 2.52. The van der Waals surface area contributed by atoms with E-state index in [-0.39, 0.29) is 53.9 Å². The fraction of sp³-hybridized carbons (Fsp3) is 0.571. The molecule has 1 atom stereocenters. The van der Waals surface area contributed by atoms with E-state index >= 15 is 8.78 Å². The molecule has 0 bridgehead atoms. The van der Waals surface area contributed by atoms with Gasteiger partial charge in [-0.05, 0) is 31.0 Å². The number of ether oxygens (including phenoxy) is 2. The van der Waals surface area contributed by atoms with Gasteiger partial charge in [-0.3, -0.25) is 4.79 Å². The van der Waals surface area contributed by atoms with Crippen molar-refractivity contribution in [2.75, 3.05) is 44.4 Å². The first kappa shape index (κ1) is 21.4. The number of alkyl halides is 5. The molecule has 3 aliphatic rings. The maximum Gasteiger partial charge on any atom is 0.416 e. The van der Waals surface area contributed by atoms with Gasteiger partial charge in [0.1, 0.15) is 11.7 Å². The summed E-state index contributed by atoms with van der Waals surface area (Å²) in [7, 11) is 0. The van der Waals surface area contributed by atoms with E-state index in [2.05, 4.69) is 5.32 Å². The van der Waals surface area contributed by atoms with E-state index in [9.17, 15) is 18.0 Å². The van der Waals surface area contributed by atoms with Gasteiger partial charge in [0.25, 0.3) is 11.8 Å². The van der Waals surface area contributed by atoms with Crippen LogP contribution in [0.15, 0.2) is 22.6 Å². The molecule has 3 aliphatic heterocycles. The molecule has 1 unspecified atom stereocenters. The van der Waals surface area contributed by atoms with Crippen LogP contribution in [0.3, 0.4) is 0 Å². The van der Waals surface area contributed by atoms with Gasteiger partial charge in [-0.15, -0.1) is 0 Å². The molecule has 2 aromatic rings. The molecule has 11 heteroatoms. The number of furan rings is 1. The van der Waals surface area contributed by atoms with Crippen LogP contribution in [0.25, 0.3) is 11.0 Å². The molecule has 2 fully saturated rings. The van der Waals surface area contributed by atoms with Crippen molar-refractivity contribution in [3.63, 3.8) is 0 Å². The van der Waals surface area contributed by atoms with E-state index in [0.29, 0.717) is 19.6 Å². The molecule has 4 heterocycles. The number of nitrogens with one attached hydrogen (secondary N) is 1. The summed E-state index contributed by atoms with van der Waals surface area (Å²) in [6.45, 7) is 0.243. The minimum absolute atomic E-state index is 0.0137.